The van der Waals surface area contributed by atoms with Gasteiger partial charge in [0.1, 0.15) is 6.42 Å². The van der Waals surface area contributed by atoms with Crippen molar-refractivity contribution in [3.8, 4) is 0 Å². The Morgan fingerprint density at radius 3 is 2.74 bits per heavy atom. The lowest BCUT2D eigenvalue weighted by atomic mass is 10.3. The molecule has 1 heterocycles. The average molecular weight is 287 g/mol. The molecule has 0 saturated carbocycles. The number of carbonyl (C=O) groups excluding carboxylic acids is 2. The largest absolute Gasteiger partial charge is 0.466 e. The highest BCUT2D eigenvalue weighted by atomic mass is 32.2. The monoisotopic (exact) mass is 287 g/mol. The number of rotatable bonds is 6. The van der Waals surface area contributed by atoms with Crippen molar-refractivity contribution in [3.05, 3.63) is 20.7 Å². The van der Waals surface area contributed by atoms with Crippen molar-refractivity contribution in [2.24, 2.45) is 7.05 Å². The number of Topliss-reactive ketones (excluding diaryl/α,β-unsaturated/α-hetero) is 1. The van der Waals surface area contributed by atoms with Crippen LogP contribution < -0.4 is 11.1 Å². The van der Waals surface area contributed by atoms with Crippen molar-refractivity contribution in [1.82, 2.24) is 14.8 Å². The molecule has 104 valence electrons. The molecule has 0 aromatic carbocycles. The Morgan fingerprint density at radius 1 is 1.42 bits per heavy atom. The average Bonchev–Trinajstić information content (AvgIpc) is 2.32. The van der Waals surface area contributed by atoms with Gasteiger partial charge >= 0.3 is 17.1 Å². The van der Waals surface area contributed by atoms with E-state index in [1.165, 1.54) is 11.7 Å². The quantitative estimate of drug-likeness (QED) is 0.312. The molecule has 0 saturated heterocycles. The van der Waals surface area contributed by atoms with Crippen molar-refractivity contribution in [2.45, 2.75) is 18.5 Å². The Balaban J connectivity index is 2.60. The second-order valence-electron chi connectivity index (χ2n) is 3.51. The molecule has 1 aromatic rings. The van der Waals surface area contributed by atoms with E-state index >= 15 is 0 Å². The molecule has 1 N–H and O–H groups in total. The maximum atomic E-state index is 11.5. The Kier molecular flexibility index (Phi) is 5.49. The van der Waals surface area contributed by atoms with Gasteiger partial charge in [-0.05, 0) is 6.92 Å². The second-order valence-corrected chi connectivity index (χ2v) is 4.45. The number of nitrogens with one attached hydrogen (secondary N) is 1. The minimum atomic E-state index is -0.918. The molecule has 9 heteroatoms. The molecule has 0 atom stereocenters. The molecule has 0 unspecified atom stereocenters. The van der Waals surface area contributed by atoms with Crippen molar-refractivity contribution >= 4 is 23.5 Å². The molecule has 0 radical (unpaired) electrons. The van der Waals surface area contributed by atoms with Gasteiger partial charge in [-0.25, -0.2) is 0 Å². The zero-order chi connectivity index (χ0) is 14.4. The van der Waals surface area contributed by atoms with Crippen LogP contribution in [0.1, 0.15) is 13.3 Å². The number of ketones is 1. The molecule has 0 amide bonds. The van der Waals surface area contributed by atoms with Gasteiger partial charge in [-0.3, -0.25) is 29.0 Å². The lowest BCUT2D eigenvalue weighted by Gasteiger charge is -2.05. The first-order valence-electron chi connectivity index (χ1n) is 5.41. The molecule has 8 nitrogen and oxygen atoms in total. The van der Waals surface area contributed by atoms with Crippen molar-refractivity contribution < 1.29 is 14.3 Å². The maximum absolute atomic E-state index is 11.5. The van der Waals surface area contributed by atoms with Gasteiger partial charge < -0.3 is 4.74 Å². The number of ether oxygens (including phenoxy) is 1. The summed E-state index contributed by atoms with van der Waals surface area (Å²) in [4.78, 5) is 48.1. The maximum Gasteiger partial charge on any atom is 0.339 e. The summed E-state index contributed by atoms with van der Waals surface area (Å²) < 4.78 is 5.88. The fraction of sp³-hybridized carbons (Fsp3) is 0.500. The third-order valence-corrected chi connectivity index (χ3v) is 3.05. The number of H-pyrrole nitrogens is 1. The second kappa shape index (κ2) is 6.88. The van der Waals surface area contributed by atoms with Crippen LogP contribution in [0.15, 0.2) is 14.7 Å². The van der Waals surface area contributed by atoms with E-state index in [-0.39, 0.29) is 29.7 Å². The molecule has 0 fully saturated rings. The van der Waals surface area contributed by atoms with Gasteiger partial charge in [0, 0.05) is 7.05 Å². The molecule has 0 spiro atoms. The van der Waals surface area contributed by atoms with Crippen molar-refractivity contribution in [3.63, 3.8) is 0 Å². The predicted molar refractivity (Wildman–Crippen MR) is 67.1 cm³/mol. The van der Waals surface area contributed by atoms with Crippen LogP contribution >= 0.6 is 11.8 Å². The number of aromatic amines is 1. The number of aryl methyl sites for hydroxylation is 1. The predicted octanol–water partition coefficient (Wildman–Crippen LogP) is -0.917. The third-order valence-electron chi connectivity index (χ3n) is 1.96. The number of aromatic nitrogens is 3. The number of esters is 1. The fourth-order valence-corrected chi connectivity index (χ4v) is 1.94. The van der Waals surface area contributed by atoms with Crippen LogP contribution in [0, 0.1) is 0 Å². The minimum Gasteiger partial charge on any atom is -0.466 e. The van der Waals surface area contributed by atoms with Crippen LogP contribution in [0.5, 0.6) is 0 Å². The van der Waals surface area contributed by atoms with Gasteiger partial charge in [0.2, 0.25) is 0 Å². The number of carbonyl (C=O) groups is 2. The minimum absolute atomic E-state index is 0.0366. The Bertz CT molecular complexity index is 592. The highest BCUT2D eigenvalue weighted by Gasteiger charge is 2.12. The van der Waals surface area contributed by atoms with E-state index in [0.29, 0.717) is 0 Å². The van der Waals surface area contributed by atoms with Crippen LogP contribution in [0.3, 0.4) is 0 Å². The van der Waals surface area contributed by atoms with Crippen LogP contribution in [-0.4, -0.2) is 38.9 Å². The number of nitrogens with zero attached hydrogens (tertiary/aromatic N) is 2. The van der Waals surface area contributed by atoms with Crippen LogP contribution in [0.4, 0.5) is 0 Å². The Hall–Kier alpha value is -1.90. The SMILES string of the molecule is CCOC(=O)CC(=O)CSc1nc(=O)c(=O)[nH]n1C. The van der Waals surface area contributed by atoms with Gasteiger partial charge in [-0.15, -0.1) is 0 Å². The third kappa shape index (κ3) is 4.70. The van der Waals surface area contributed by atoms with Crippen LogP contribution in [-0.2, 0) is 21.4 Å². The van der Waals surface area contributed by atoms with Crippen molar-refractivity contribution in [1.29, 1.82) is 0 Å². The number of hydrogen-bond acceptors (Lipinski definition) is 7. The zero-order valence-electron chi connectivity index (χ0n) is 10.5. The summed E-state index contributed by atoms with van der Waals surface area (Å²) in [5.41, 5.74) is -1.75. The van der Waals surface area contributed by atoms with Gasteiger partial charge in [-0.2, -0.15) is 4.98 Å². The first-order valence-corrected chi connectivity index (χ1v) is 6.40. The van der Waals surface area contributed by atoms with E-state index in [9.17, 15) is 19.2 Å². The molecule has 0 aliphatic heterocycles. The smallest absolute Gasteiger partial charge is 0.339 e. The first-order chi connectivity index (χ1) is 8.93. The van der Waals surface area contributed by atoms with Gasteiger partial charge in [0.15, 0.2) is 10.9 Å². The lowest BCUT2D eigenvalue weighted by Crippen LogP contribution is -2.34. The van der Waals surface area contributed by atoms with E-state index in [4.69, 9.17) is 0 Å². The van der Waals surface area contributed by atoms with Crippen LogP contribution in [0.25, 0.3) is 0 Å². The van der Waals surface area contributed by atoms with E-state index < -0.39 is 17.1 Å². The summed E-state index contributed by atoms with van der Waals surface area (Å²) in [7, 11) is 1.49. The molecule has 19 heavy (non-hydrogen) atoms. The molecule has 0 aliphatic carbocycles. The lowest BCUT2D eigenvalue weighted by molar-refractivity contribution is -0.145. The highest BCUT2D eigenvalue weighted by Crippen LogP contribution is 2.11. The molecule has 1 rings (SSSR count). The van der Waals surface area contributed by atoms with Gasteiger partial charge in [0.05, 0.1) is 12.4 Å². The number of thioether (sulfide) groups is 1. The van der Waals surface area contributed by atoms with Crippen LogP contribution in [0.2, 0.25) is 0 Å². The summed E-state index contributed by atoms with van der Waals surface area (Å²) in [6, 6.07) is 0. The van der Waals surface area contributed by atoms with Crippen molar-refractivity contribution in [2.75, 3.05) is 12.4 Å². The summed E-state index contributed by atoms with van der Waals surface area (Å²) in [5.74, 6) is -0.967. The summed E-state index contributed by atoms with van der Waals surface area (Å²) in [6.45, 7) is 1.87. The van der Waals surface area contributed by atoms with Gasteiger partial charge in [-0.1, -0.05) is 11.8 Å². The van der Waals surface area contributed by atoms with E-state index in [1.807, 2.05) is 0 Å². The number of hydrogen-bond donors (Lipinski definition) is 1. The first kappa shape index (κ1) is 15.2. The summed E-state index contributed by atoms with van der Waals surface area (Å²) in [6.07, 6.45) is -0.321. The molecule has 0 aliphatic rings. The zero-order valence-corrected chi connectivity index (χ0v) is 11.3. The Labute approximate surface area is 112 Å². The Morgan fingerprint density at radius 2 is 2.11 bits per heavy atom. The van der Waals surface area contributed by atoms with E-state index in [1.54, 1.807) is 6.92 Å². The molecule has 1 aromatic heterocycles. The fourth-order valence-electron chi connectivity index (χ4n) is 1.16. The molecule has 0 bridgehead atoms. The topological polar surface area (TPSA) is 111 Å². The molecular formula is C10H13N3O5S. The van der Waals surface area contributed by atoms with E-state index in [0.717, 1.165) is 11.8 Å². The highest BCUT2D eigenvalue weighted by molar-refractivity contribution is 7.99. The standard InChI is InChI=1S/C10H13N3O5S/c1-3-18-7(15)4-6(14)5-19-10-11-8(16)9(17)12-13(10)2/h3-5H2,1-2H3,(H,12,17). The van der Waals surface area contributed by atoms with Gasteiger partial charge in [0.25, 0.3) is 0 Å². The summed E-state index contributed by atoms with van der Waals surface area (Å²) in [5, 5.41) is 2.45. The normalized spacial score (nSPS) is 10.2. The van der Waals surface area contributed by atoms with E-state index in [2.05, 4.69) is 14.8 Å². The summed E-state index contributed by atoms with van der Waals surface area (Å²) >= 11 is 0.962. The molecular weight excluding hydrogens is 274 g/mol.